The van der Waals surface area contributed by atoms with Gasteiger partial charge in [-0.3, -0.25) is 0 Å². The Morgan fingerprint density at radius 3 is 2.63 bits per heavy atom. The van der Waals surface area contributed by atoms with Crippen LogP contribution in [0.25, 0.3) is 0 Å². The summed E-state index contributed by atoms with van der Waals surface area (Å²) >= 11 is 6.10. The molecule has 2 aliphatic carbocycles. The van der Waals surface area contributed by atoms with Crippen LogP contribution in [0.1, 0.15) is 20.8 Å². The van der Waals surface area contributed by atoms with Crippen molar-refractivity contribution in [3.8, 4) is 5.75 Å². The average Bonchev–Trinajstić information content (AvgIpc) is 3.12. The molecule has 0 amide bonds. The Balaban J connectivity index is 1.71. The molecule has 4 atom stereocenters. The number of hydrogen-bond acceptors (Lipinski definition) is 4. The molecule has 7 heteroatoms. The summed E-state index contributed by atoms with van der Waals surface area (Å²) in [6, 6.07) is 5.52. The number of methoxy groups -OCH3 is 1. The number of ether oxygens (including phenoxy) is 1. The van der Waals surface area contributed by atoms with E-state index in [2.05, 4.69) is 25.2 Å². The van der Waals surface area contributed by atoms with Crippen molar-refractivity contribution < 1.29 is 13.2 Å². The van der Waals surface area contributed by atoms with E-state index in [0.717, 1.165) is 18.0 Å². The Labute approximate surface area is 166 Å². The lowest BCUT2D eigenvalue weighted by Gasteiger charge is -2.21. The summed E-state index contributed by atoms with van der Waals surface area (Å²) in [6.07, 6.45) is 5.72. The van der Waals surface area contributed by atoms with Crippen molar-refractivity contribution in [1.82, 2.24) is 0 Å². The SMILES string of the molecule is COc1ccc(Cl)cc1NCC1C(C2=CC(C)C(S(N)(=O)=O)C=C2)C1(C)C. The molecule has 5 nitrogen and oxygen atoms in total. The second-order valence-corrected chi connectivity index (χ2v) is 10.2. The monoisotopic (exact) mass is 410 g/mol. The van der Waals surface area contributed by atoms with Gasteiger partial charge in [0.25, 0.3) is 0 Å². The molecule has 0 radical (unpaired) electrons. The van der Waals surface area contributed by atoms with Gasteiger partial charge in [-0.1, -0.05) is 50.6 Å². The van der Waals surface area contributed by atoms with E-state index < -0.39 is 15.3 Å². The number of nitrogens with two attached hydrogens (primary N) is 1. The Kier molecular flexibility index (Phi) is 5.36. The van der Waals surface area contributed by atoms with Crippen LogP contribution >= 0.6 is 11.6 Å². The zero-order valence-corrected chi connectivity index (χ0v) is 17.6. The van der Waals surface area contributed by atoms with Gasteiger partial charge < -0.3 is 10.1 Å². The van der Waals surface area contributed by atoms with Crippen LogP contribution in [-0.2, 0) is 10.0 Å². The molecule has 0 aliphatic heterocycles. The van der Waals surface area contributed by atoms with Gasteiger partial charge in [-0.05, 0) is 46.9 Å². The van der Waals surface area contributed by atoms with Gasteiger partial charge >= 0.3 is 0 Å². The number of halogens is 1. The molecule has 148 valence electrons. The van der Waals surface area contributed by atoms with Gasteiger partial charge in [0, 0.05) is 11.6 Å². The second-order valence-electron chi connectivity index (χ2n) is 8.07. The van der Waals surface area contributed by atoms with Gasteiger partial charge in [-0.25, -0.2) is 13.6 Å². The molecular formula is C20H27ClN2O3S. The normalized spacial score (nSPS) is 29.2. The van der Waals surface area contributed by atoms with E-state index in [-0.39, 0.29) is 11.3 Å². The van der Waals surface area contributed by atoms with Crippen LogP contribution in [0.5, 0.6) is 5.75 Å². The van der Waals surface area contributed by atoms with Crippen molar-refractivity contribution in [3.05, 3.63) is 47.0 Å². The van der Waals surface area contributed by atoms with E-state index in [4.69, 9.17) is 21.5 Å². The van der Waals surface area contributed by atoms with Crippen LogP contribution in [0, 0.1) is 23.2 Å². The summed E-state index contributed by atoms with van der Waals surface area (Å²) in [5, 5.41) is 8.80. The van der Waals surface area contributed by atoms with Crippen LogP contribution in [0.2, 0.25) is 5.02 Å². The first-order chi connectivity index (χ1) is 12.6. The molecule has 1 fully saturated rings. The maximum absolute atomic E-state index is 11.7. The molecule has 0 heterocycles. The fraction of sp³-hybridized carbons (Fsp3) is 0.500. The van der Waals surface area contributed by atoms with E-state index in [0.29, 0.717) is 16.9 Å². The van der Waals surface area contributed by atoms with Gasteiger partial charge in [0.2, 0.25) is 10.0 Å². The van der Waals surface area contributed by atoms with Gasteiger partial charge in [-0.2, -0.15) is 0 Å². The largest absolute Gasteiger partial charge is 0.495 e. The van der Waals surface area contributed by atoms with E-state index in [1.807, 2.05) is 25.1 Å². The lowest BCUT2D eigenvalue weighted by atomic mass is 9.92. The number of allylic oxidation sites excluding steroid dienone is 3. The van der Waals surface area contributed by atoms with Crippen molar-refractivity contribution in [2.45, 2.75) is 26.0 Å². The minimum Gasteiger partial charge on any atom is -0.495 e. The maximum atomic E-state index is 11.7. The highest BCUT2D eigenvalue weighted by Crippen LogP contribution is 2.62. The van der Waals surface area contributed by atoms with Gasteiger partial charge in [0.15, 0.2) is 0 Å². The molecule has 1 saturated carbocycles. The molecule has 3 N–H and O–H groups in total. The third kappa shape index (κ3) is 4.03. The van der Waals surface area contributed by atoms with Crippen LogP contribution < -0.4 is 15.2 Å². The van der Waals surface area contributed by atoms with Gasteiger partial charge in [0.05, 0.1) is 18.0 Å². The minimum atomic E-state index is -3.57. The average molecular weight is 411 g/mol. The van der Waals surface area contributed by atoms with Crippen LogP contribution in [0.4, 0.5) is 5.69 Å². The highest BCUT2D eigenvalue weighted by molar-refractivity contribution is 7.90. The lowest BCUT2D eigenvalue weighted by molar-refractivity contribution is 0.416. The van der Waals surface area contributed by atoms with Gasteiger partial charge in [0.1, 0.15) is 5.75 Å². The van der Waals surface area contributed by atoms with Crippen LogP contribution in [0.15, 0.2) is 42.0 Å². The summed E-state index contributed by atoms with van der Waals surface area (Å²) in [7, 11) is -1.94. The lowest BCUT2D eigenvalue weighted by Crippen LogP contribution is -2.33. The van der Waals surface area contributed by atoms with Crippen molar-refractivity contribution in [1.29, 1.82) is 0 Å². The predicted octanol–water partition coefficient (Wildman–Crippen LogP) is 3.82. The Morgan fingerprint density at radius 2 is 2.04 bits per heavy atom. The quantitative estimate of drug-likeness (QED) is 0.746. The van der Waals surface area contributed by atoms with Crippen molar-refractivity contribution in [2.24, 2.45) is 28.3 Å². The first kappa shape index (κ1) is 20.2. The number of primary sulfonamides is 1. The summed E-state index contributed by atoms with van der Waals surface area (Å²) < 4.78 is 28.8. The summed E-state index contributed by atoms with van der Waals surface area (Å²) in [6.45, 7) is 7.17. The molecule has 1 aromatic rings. The highest BCUT2D eigenvalue weighted by atomic mass is 35.5. The van der Waals surface area contributed by atoms with E-state index in [9.17, 15) is 8.42 Å². The highest BCUT2D eigenvalue weighted by Gasteiger charge is 2.58. The number of hydrogen-bond donors (Lipinski definition) is 2. The maximum Gasteiger partial charge on any atom is 0.216 e. The van der Waals surface area contributed by atoms with Crippen LogP contribution in [0.3, 0.4) is 0 Å². The summed E-state index contributed by atoms with van der Waals surface area (Å²) in [5.74, 6) is 1.43. The van der Waals surface area contributed by atoms with E-state index in [1.54, 1.807) is 19.3 Å². The molecular weight excluding hydrogens is 384 g/mol. The fourth-order valence-electron chi connectivity index (χ4n) is 4.28. The number of anilines is 1. The first-order valence-electron chi connectivity index (χ1n) is 9.04. The van der Waals surface area contributed by atoms with Crippen LogP contribution in [-0.4, -0.2) is 27.3 Å². The molecule has 0 saturated heterocycles. The predicted molar refractivity (Wildman–Crippen MR) is 111 cm³/mol. The van der Waals surface area contributed by atoms with Crippen molar-refractivity contribution in [3.63, 3.8) is 0 Å². The Hall–Kier alpha value is -1.50. The number of benzene rings is 1. The number of nitrogens with one attached hydrogen (secondary N) is 1. The molecule has 3 rings (SSSR count). The molecule has 0 bridgehead atoms. The van der Waals surface area contributed by atoms with Crippen molar-refractivity contribution in [2.75, 3.05) is 19.0 Å². The van der Waals surface area contributed by atoms with Crippen molar-refractivity contribution >= 4 is 27.3 Å². The smallest absolute Gasteiger partial charge is 0.216 e. The molecule has 4 unspecified atom stereocenters. The minimum absolute atomic E-state index is 0.127. The Bertz CT molecular complexity index is 892. The molecule has 27 heavy (non-hydrogen) atoms. The number of rotatable bonds is 6. The zero-order valence-electron chi connectivity index (χ0n) is 16.1. The number of sulfonamides is 1. The molecule has 1 aromatic carbocycles. The standard InChI is InChI=1S/C20H27ClN2O3S/c1-12-9-13(5-8-18(12)27(22,24)25)19-15(20(19,2)3)11-23-16-10-14(21)6-7-17(16)26-4/h5-10,12,15,18-19,23H,11H2,1-4H3,(H2,22,24,25). The summed E-state index contributed by atoms with van der Waals surface area (Å²) in [5.41, 5.74) is 2.20. The first-order valence-corrected chi connectivity index (χ1v) is 11.0. The topological polar surface area (TPSA) is 81.4 Å². The third-order valence-corrected chi connectivity index (χ3v) is 7.50. The van der Waals surface area contributed by atoms with E-state index >= 15 is 0 Å². The molecule has 0 spiro atoms. The molecule has 2 aliphatic rings. The Morgan fingerprint density at radius 1 is 1.33 bits per heavy atom. The zero-order chi connectivity index (χ0) is 20.0. The van der Waals surface area contributed by atoms with Gasteiger partial charge in [-0.15, -0.1) is 0 Å². The fourth-order valence-corrected chi connectivity index (χ4v) is 5.42. The molecule has 0 aromatic heterocycles. The summed E-state index contributed by atoms with van der Waals surface area (Å²) in [4.78, 5) is 0. The third-order valence-electron chi connectivity index (χ3n) is 5.91. The van der Waals surface area contributed by atoms with E-state index in [1.165, 1.54) is 5.57 Å². The second kappa shape index (κ2) is 7.15.